The average molecular weight is 356 g/mol. The normalized spacial score (nSPS) is 25.6. The molecule has 1 aromatic carbocycles. The molecule has 1 aromatic rings. The lowest BCUT2D eigenvalue weighted by molar-refractivity contribution is -0.123. The maximum atomic E-state index is 12.6. The summed E-state index contributed by atoms with van der Waals surface area (Å²) < 4.78 is 0. The average Bonchev–Trinajstić information content (AvgIpc) is 3.41. The predicted octanol–water partition coefficient (Wildman–Crippen LogP) is 3.07. The summed E-state index contributed by atoms with van der Waals surface area (Å²) in [5.41, 5.74) is 2.93. The molecule has 142 valence electrons. The lowest BCUT2D eigenvalue weighted by atomic mass is 9.92. The SMILES string of the molecule is O=C(NCc1cccc(CN2CCCCCC2)c1)C1CC12CCNCC2. The molecule has 2 saturated heterocycles. The predicted molar refractivity (Wildman–Crippen MR) is 105 cm³/mol. The molecule has 2 aliphatic heterocycles. The number of carbonyl (C=O) groups is 1. The molecule has 1 spiro atoms. The van der Waals surface area contributed by atoms with Crippen molar-refractivity contribution in [2.24, 2.45) is 11.3 Å². The Kier molecular flexibility index (Phi) is 5.60. The number of amides is 1. The summed E-state index contributed by atoms with van der Waals surface area (Å²) in [6.07, 6.45) is 8.83. The van der Waals surface area contributed by atoms with E-state index in [1.807, 2.05) is 0 Å². The Morgan fingerprint density at radius 1 is 1.12 bits per heavy atom. The highest BCUT2D eigenvalue weighted by Crippen LogP contribution is 2.58. The Morgan fingerprint density at radius 3 is 2.62 bits per heavy atom. The van der Waals surface area contributed by atoms with Crippen molar-refractivity contribution in [3.8, 4) is 0 Å². The molecule has 1 atom stereocenters. The van der Waals surface area contributed by atoms with Crippen LogP contribution in [0.5, 0.6) is 0 Å². The van der Waals surface area contributed by atoms with Gasteiger partial charge in [0.15, 0.2) is 0 Å². The summed E-state index contributed by atoms with van der Waals surface area (Å²) in [6, 6.07) is 8.78. The fourth-order valence-corrected chi connectivity index (χ4v) is 4.90. The van der Waals surface area contributed by atoms with Crippen molar-refractivity contribution in [3.63, 3.8) is 0 Å². The highest BCUT2D eigenvalue weighted by atomic mass is 16.2. The fraction of sp³-hybridized carbons (Fsp3) is 0.682. The lowest BCUT2D eigenvalue weighted by Crippen LogP contribution is -2.33. The van der Waals surface area contributed by atoms with Crippen molar-refractivity contribution < 1.29 is 4.79 Å². The molecule has 0 aromatic heterocycles. The van der Waals surface area contributed by atoms with E-state index in [1.54, 1.807) is 0 Å². The third-order valence-corrected chi connectivity index (χ3v) is 6.67. The molecular weight excluding hydrogens is 322 g/mol. The quantitative estimate of drug-likeness (QED) is 0.853. The van der Waals surface area contributed by atoms with E-state index in [2.05, 4.69) is 39.8 Å². The summed E-state index contributed by atoms with van der Waals surface area (Å²) in [6.45, 7) is 6.29. The Morgan fingerprint density at radius 2 is 1.85 bits per heavy atom. The molecular formula is C22H33N3O. The molecule has 3 aliphatic rings. The number of benzene rings is 1. The van der Waals surface area contributed by atoms with E-state index < -0.39 is 0 Å². The minimum atomic E-state index is 0.255. The maximum absolute atomic E-state index is 12.6. The second-order valence-corrected chi connectivity index (χ2v) is 8.60. The third-order valence-electron chi connectivity index (χ3n) is 6.67. The van der Waals surface area contributed by atoms with Crippen LogP contribution in [0.4, 0.5) is 0 Å². The van der Waals surface area contributed by atoms with Gasteiger partial charge in [0.25, 0.3) is 0 Å². The molecule has 1 amide bonds. The number of nitrogens with one attached hydrogen (secondary N) is 2. The molecule has 0 radical (unpaired) electrons. The minimum absolute atomic E-state index is 0.255. The molecule has 2 heterocycles. The van der Waals surface area contributed by atoms with Crippen LogP contribution in [0, 0.1) is 11.3 Å². The second kappa shape index (κ2) is 8.10. The van der Waals surface area contributed by atoms with Crippen LogP contribution < -0.4 is 10.6 Å². The molecule has 4 rings (SSSR count). The van der Waals surface area contributed by atoms with E-state index in [0.717, 1.165) is 38.9 Å². The van der Waals surface area contributed by atoms with Crippen molar-refractivity contribution in [1.29, 1.82) is 0 Å². The highest BCUT2D eigenvalue weighted by molar-refractivity contribution is 5.82. The van der Waals surface area contributed by atoms with Gasteiger partial charge in [-0.15, -0.1) is 0 Å². The van der Waals surface area contributed by atoms with Crippen LogP contribution in [-0.2, 0) is 17.9 Å². The molecule has 1 saturated carbocycles. The van der Waals surface area contributed by atoms with Crippen molar-refractivity contribution >= 4 is 5.91 Å². The summed E-state index contributed by atoms with van der Waals surface area (Å²) in [5, 5.41) is 6.61. The zero-order valence-corrected chi connectivity index (χ0v) is 15.9. The maximum Gasteiger partial charge on any atom is 0.223 e. The Bertz CT molecular complexity index is 616. The number of hydrogen-bond acceptors (Lipinski definition) is 3. The molecule has 2 N–H and O–H groups in total. The van der Waals surface area contributed by atoms with Gasteiger partial charge in [-0.05, 0) is 74.8 Å². The van der Waals surface area contributed by atoms with Gasteiger partial charge < -0.3 is 10.6 Å². The lowest BCUT2D eigenvalue weighted by Gasteiger charge is -2.23. The summed E-state index contributed by atoms with van der Waals surface area (Å²) in [7, 11) is 0. The van der Waals surface area contributed by atoms with Crippen molar-refractivity contribution in [2.45, 2.75) is 58.0 Å². The Hall–Kier alpha value is -1.39. The first-order valence-electron chi connectivity index (χ1n) is 10.5. The van der Waals surface area contributed by atoms with Crippen LogP contribution in [0.2, 0.25) is 0 Å². The van der Waals surface area contributed by atoms with Gasteiger partial charge in [0.05, 0.1) is 0 Å². The standard InChI is InChI=1S/C22H33N3O/c26-21(20-15-22(20)8-10-23-11-9-22)24-16-18-6-5-7-19(14-18)17-25-12-3-1-2-4-13-25/h5-7,14,20,23H,1-4,8-13,15-17H2,(H,24,26). The number of likely N-dealkylation sites (tertiary alicyclic amines) is 1. The topological polar surface area (TPSA) is 44.4 Å². The molecule has 3 fully saturated rings. The smallest absolute Gasteiger partial charge is 0.223 e. The van der Waals surface area contributed by atoms with Gasteiger partial charge in [-0.3, -0.25) is 9.69 Å². The molecule has 4 nitrogen and oxygen atoms in total. The summed E-state index contributed by atoms with van der Waals surface area (Å²) >= 11 is 0. The van der Waals surface area contributed by atoms with E-state index in [9.17, 15) is 4.79 Å². The van der Waals surface area contributed by atoms with Gasteiger partial charge in [-0.25, -0.2) is 0 Å². The Balaban J connectivity index is 1.28. The van der Waals surface area contributed by atoms with Gasteiger partial charge in [0.1, 0.15) is 0 Å². The van der Waals surface area contributed by atoms with Gasteiger partial charge in [-0.2, -0.15) is 0 Å². The van der Waals surface area contributed by atoms with Crippen molar-refractivity contribution in [1.82, 2.24) is 15.5 Å². The first-order chi connectivity index (χ1) is 12.8. The number of carbonyl (C=O) groups excluding carboxylic acids is 1. The van der Waals surface area contributed by atoms with Crippen LogP contribution in [-0.4, -0.2) is 37.0 Å². The first-order valence-corrected chi connectivity index (χ1v) is 10.5. The van der Waals surface area contributed by atoms with Gasteiger partial charge in [0.2, 0.25) is 5.91 Å². The zero-order valence-electron chi connectivity index (χ0n) is 15.9. The van der Waals surface area contributed by atoms with Crippen LogP contribution >= 0.6 is 0 Å². The largest absolute Gasteiger partial charge is 0.352 e. The van der Waals surface area contributed by atoms with Gasteiger partial charge >= 0.3 is 0 Å². The van der Waals surface area contributed by atoms with Crippen LogP contribution in [0.15, 0.2) is 24.3 Å². The fourth-order valence-electron chi connectivity index (χ4n) is 4.90. The van der Waals surface area contributed by atoms with Crippen LogP contribution in [0.1, 0.15) is 56.1 Å². The van der Waals surface area contributed by atoms with Gasteiger partial charge in [-0.1, -0.05) is 37.1 Å². The van der Waals surface area contributed by atoms with E-state index in [4.69, 9.17) is 0 Å². The van der Waals surface area contributed by atoms with Crippen LogP contribution in [0.3, 0.4) is 0 Å². The number of rotatable bonds is 5. The zero-order chi connectivity index (χ0) is 17.8. The van der Waals surface area contributed by atoms with E-state index in [0.29, 0.717) is 12.0 Å². The summed E-state index contributed by atoms with van der Waals surface area (Å²) in [5.74, 6) is 0.523. The molecule has 0 bridgehead atoms. The van der Waals surface area contributed by atoms with E-state index in [1.165, 1.54) is 49.9 Å². The number of piperidine rings is 1. The molecule has 1 aliphatic carbocycles. The molecule has 1 unspecified atom stereocenters. The van der Waals surface area contributed by atoms with Crippen molar-refractivity contribution in [3.05, 3.63) is 35.4 Å². The molecule has 26 heavy (non-hydrogen) atoms. The molecule has 4 heteroatoms. The highest BCUT2D eigenvalue weighted by Gasteiger charge is 2.57. The van der Waals surface area contributed by atoms with Gasteiger partial charge in [0, 0.05) is 19.0 Å². The van der Waals surface area contributed by atoms with E-state index in [-0.39, 0.29) is 11.8 Å². The third kappa shape index (κ3) is 4.29. The summed E-state index contributed by atoms with van der Waals surface area (Å²) in [4.78, 5) is 15.1. The second-order valence-electron chi connectivity index (χ2n) is 8.60. The van der Waals surface area contributed by atoms with Crippen molar-refractivity contribution in [2.75, 3.05) is 26.2 Å². The number of hydrogen-bond donors (Lipinski definition) is 2. The minimum Gasteiger partial charge on any atom is -0.352 e. The Labute approximate surface area is 157 Å². The monoisotopic (exact) mass is 355 g/mol. The van der Waals surface area contributed by atoms with Crippen LogP contribution in [0.25, 0.3) is 0 Å². The van der Waals surface area contributed by atoms with E-state index >= 15 is 0 Å². The first kappa shape index (κ1) is 18.0. The number of nitrogens with zero attached hydrogens (tertiary/aromatic N) is 1.